The highest BCUT2D eigenvalue weighted by Crippen LogP contribution is 2.23. The molecule has 0 atom stereocenters. The Balaban J connectivity index is 1.52. The van der Waals surface area contributed by atoms with Gasteiger partial charge in [0.15, 0.2) is 10.7 Å². The van der Waals surface area contributed by atoms with E-state index >= 15 is 0 Å². The first-order valence-corrected chi connectivity index (χ1v) is 9.82. The van der Waals surface area contributed by atoms with Crippen LogP contribution in [0.2, 0.25) is 0 Å². The molecule has 1 aliphatic heterocycles. The third kappa shape index (κ3) is 4.34. The molecule has 3 rings (SSSR count). The Morgan fingerprint density at radius 3 is 2.33 bits per heavy atom. The molecule has 7 nitrogen and oxygen atoms in total. The molecule has 1 N–H and O–H groups in total. The molecule has 1 aliphatic rings. The maximum atomic E-state index is 13.8. The van der Waals surface area contributed by atoms with Crippen LogP contribution in [0.5, 0.6) is 0 Å². The summed E-state index contributed by atoms with van der Waals surface area (Å²) in [7, 11) is -4.24. The van der Waals surface area contributed by atoms with Gasteiger partial charge in [-0.25, -0.2) is 17.2 Å². The summed E-state index contributed by atoms with van der Waals surface area (Å²) in [6, 6.07) is 6.15. The average Bonchev–Trinajstić information content (AvgIpc) is 3.16. The van der Waals surface area contributed by atoms with E-state index in [9.17, 15) is 22.0 Å². The van der Waals surface area contributed by atoms with Crippen molar-refractivity contribution in [2.24, 2.45) is 0 Å². The summed E-state index contributed by atoms with van der Waals surface area (Å²) in [5.41, 5.74) is 0. The largest absolute Gasteiger partial charge is 0.459 e. The molecule has 0 saturated carbocycles. The van der Waals surface area contributed by atoms with Gasteiger partial charge in [-0.05, 0) is 24.3 Å². The van der Waals surface area contributed by atoms with Crippen molar-refractivity contribution in [1.29, 1.82) is 0 Å². The molecule has 0 radical (unpaired) electrons. The fourth-order valence-corrected chi connectivity index (χ4v) is 4.41. The summed E-state index contributed by atoms with van der Waals surface area (Å²) < 4.78 is 58.8. The quantitative estimate of drug-likeness (QED) is 0.792. The Labute approximate surface area is 155 Å². The van der Waals surface area contributed by atoms with Gasteiger partial charge in [0.25, 0.3) is 5.91 Å². The second-order valence-corrected chi connectivity index (χ2v) is 7.90. The minimum absolute atomic E-state index is 0.113. The Kier molecular flexibility index (Phi) is 5.88. The molecule has 1 saturated heterocycles. The minimum atomic E-state index is -4.24. The highest BCUT2D eigenvalue weighted by atomic mass is 32.2. The van der Waals surface area contributed by atoms with Gasteiger partial charge in [-0.15, -0.1) is 0 Å². The van der Waals surface area contributed by atoms with E-state index in [0.717, 1.165) is 22.5 Å². The number of rotatable bonds is 6. The van der Waals surface area contributed by atoms with E-state index in [1.54, 1.807) is 12.1 Å². The van der Waals surface area contributed by atoms with Crippen molar-refractivity contribution in [3.05, 3.63) is 54.0 Å². The molecular formula is C17H19F2N3O4S. The first kappa shape index (κ1) is 19.5. The smallest absolute Gasteiger partial charge is 0.287 e. The maximum absolute atomic E-state index is 13.8. The van der Waals surface area contributed by atoms with Gasteiger partial charge in [-0.1, -0.05) is 6.07 Å². The molecule has 0 aliphatic carbocycles. The zero-order valence-electron chi connectivity index (χ0n) is 14.4. The molecule has 27 heavy (non-hydrogen) atoms. The van der Waals surface area contributed by atoms with Gasteiger partial charge in [0.2, 0.25) is 10.0 Å². The minimum Gasteiger partial charge on any atom is -0.459 e. The second kappa shape index (κ2) is 8.15. The van der Waals surface area contributed by atoms with Gasteiger partial charge >= 0.3 is 0 Å². The van der Waals surface area contributed by atoms with Crippen LogP contribution in [0.4, 0.5) is 8.78 Å². The number of hydrogen-bond acceptors (Lipinski definition) is 5. The first-order chi connectivity index (χ1) is 12.9. The summed E-state index contributed by atoms with van der Waals surface area (Å²) in [6.07, 6.45) is 1.41. The van der Waals surface area contributed by atoms with E-state index in [2.05, 4.69) is 5.32 Å². The highest BCUT2D eigenvalue weighted by Gasteiger charge is 2.32. The molecule has 0 unspecified atom stereocenters. The number of benzene rings is 1. The van der Waals surface area contributed by atoms with E-state index in [0.29, 0.717) is 26.2 Å². The van der Waals surface area contributed by atoms with Crippen LogP contribution in [-0.4, -0.2) is 62.8 Å². The fraction of sp³-hybridized carbons (Fsp3) is 0.353. The van der Waals surface area contributed by atoms with Crippen LogP contribution in [0.15, 0.2) is 45.9 Å². The third-order valence-corrected chi connectivity index (χ3v) is 6.26. The summed E-state index contributed by atoms with van der Waals surface area (Å²) in [5.74, 6) is -2.30. The highest BCUT2D eigenvalue weighted by molar-refractivity contribution is 7.89. The Hall–Kier alpha value is -2.30. The number of halogens is 2. The SMILES string of the molecule is O=C(NCCN1CCN(S(=O)(=O)c2c(F)cccc2F)CC1)c1ccco1. The number of piperazine rings is 1. The molecule has 2 aromatic rings. The molecule has 1 fully saturated rings. The number of furan rings is 1. The standard InChI is InChI=1S/C17H19F2N3O4S/c18-13-3-1-4-14(19)16(13)27(24,25)22-10-8-21(9-11-22)7-6-20-17(23)15-5-2-12-26-15/h1-5,12H,6-11H2,(H,20,23). The van der Waals surface area contributed by atoms with Crippen molar-refractivity contribution >= 4 is 15.9 Å². The lowest BCUT2D eigenvalue weighted by Crippen LogP contribution is -2.50. The lowest BCUT2D eigenvalue weighted by atomic mass is 10.3. The fourth-order valence-electron chi connectivity index (χ4n) is 2.87. The van der Waals surface area contributed by atoms with Crippen molar-refractivity contribution in [2.45, 2.75) is 4.90 Å². The zero-order valence-corrected chi connectivity index (χ0v) is 15.2. The van der Waals surface area contributed by atoms with E-state index < -0.39 is 26.6 Å². The number of hydrogen-bond donors (Lipinski definition) is 1. The van der Waals surface area contributed by atoms with Crippen LogP contribution in [0.3, 0.4) is 0 Å². The number of carbonyl (C=O) groups excluding carboxylic acids is 1. The van der Waals surface area contributed by atoms with E-state index in [-0.39, 0.29) is 24.8 Å². The topological polar surface area (TPSA) is 82.9 Å². The first-order valence-electron chi connectivity index (χ1n) is 8.38. The predicted octanol–water partition coefficient (Wildman–Crippen LogP) is 1.29. The molecule has 146 valence electrons. The van der Waals surface area contributed by atoms with E-state index in [1.165, 1.54) is 6.26 Å². The number of carbonyl (C=O) groups is 1. The van der Waals surface area contributed by atoms with E-state index in [4.69, 9.17) is 4.42 Å². The molecule has 1 aromatic heterocycles. The van der Waals surface area contributed by atoms with Crippen molar-refractivity contribution in [3.63, 3.8) is 0 Å². The number of amides is 1. The lowest BCUT2D eigenvalue weighted by molar-refractivity contribution is 0.0917. The molecule has 0 bridgehead atoms. The number of nitrogens with zero attached hydrogens (tertiary/aromatic N) is 2. The molecule has 1 aromatic carbocycles. The van der Waals surface area contributed by atoms with Gasteiger partial charge in [0.05, 0.1) is 6.26 Å². The summed E-state index contributed by atoms with van der Waals surface area (Å²) >= 11 is 0. The molecule has 0 spiro atoms. The van der Waals surface area contributed by atoms with Crippen LogP contribution in [-0.2, 0) is 10.0 Å². The maximum Gasteiger partial charge on any atom is 0.287 e. The Morgan fingerprint density at radius 2 is 1.74 bits per heavy atom. The molecule has 10 heteroatoms. The molecule has 2 heterocycles. The lowest BCUT2D eigenvalue weighted by Gasteiger charge is -2.34. The van der Waals surface area contributed by atoms with Gasteiger partial charge < -0.3 is 9.73 Å². The Bertz CT molecular complexity index is 875. The Morgan fingerprint density at radius 1 is 1.07 bits per heavy atom. The van der Waals surface area contributed by atoms with Crippen molar-refractivity contribution in [2.75, 3.05) is 39.3 Å². The summed E-state index contributed by atoms with van der Waals surface area (Å²) in [4.78, 5) is 12.8. The van der Waals surface area contributed by atoms with Crippen LogP contribution in [0.25, 0.3) is 0 Å². The monoisotopic (exact) mass is 399 g/mol. The number of sulfonamides is 1. The average molecular weight is 399 g/mol. The van der Waals surface area contributed by atoms with Crippen LogP contribution in [0.1, 0.15) is 10.6 Å². The number of nitrogens with one attached hydrogen (secondary N) is 1. The third-order valence-electron chi connectivity index (χ3n) is 4.31. The van der Waals surface area contributed by atoms with Crippen LogP contribution < -0.4 is 5.32 Å². The normalized spacial score (nSPS) is 16.4. The van der Waals surface area contributed by atoms with Crippen molar-refractivity contribution in [1.82, 2.24) is 14.5 Å². The predicted molar refractivity (Wildman–Crippen MR) is 92.6 cm³/mol. The second-order valence-electron chi connectivity index (χ2n) is 6.03. The summed E-state index contributed by atoms with van der Waals surface area (Å²) in [5, 5.41) is 2.71. The van der Waals surface area contributed by atoms with Gasteiger partial charge in [-0.2, -0.15) is 4.31 Å². The molecule has 1 amide bonds. The van der Waals surface area contributed by atoms with Gasteiger partial charge in [-0.3, -0.25) is 9.69 Å². The van der Waals surface area contributed by atoms with Gasteiger partial charge in [0.1, 0.15) is 11.6 Å². The molecular weight excluding hydrogens is 380 g/mol. The van der Waals surface area contributed by atoms with E-state index in [1.807, 2.05) is 4.90 Å². The van der Waals surface area contributed by atoms with Crippen molar-refractivity contribution < 1.29 is 26.4 Å². The zero-order chi connectivity index (χ0) is 19.4. The van der Waals surface area contributed by atoms with Crippen LogP contribution >= 0.6 is 0 Å². The summed E-state index contributed by atoms with van der Waals surface area (Å²) in [6.45, 7) is 1.91. The van der Waals surface area contributed by atoms with Crippen LogP contribution in [0, 0.1) is 11.6 Å². The van der Waals surface area contributed by atoms with Crippen molar-refractivity contribution in [3.8, 4) is 0 Å². The van der Waals surface area contributed by atoms with Gasteiger partial charge in [0, 0.05) is 39.3 Å².